The summed E-state index contributed by atoms with van der Waals surface area (Å²) in [7, 11) is 1.88. The van der Waals surface area contributed by atoms with E-state index in [1.54, 1.807) is 0 Å². The van der Waals surface area contributed by atoms with Crippen molar-refractivity contribution in [1.29, 1.82) is 0 Å². The van der Waals surface area contributed by atoms with Crippen molar-refractivity contribution in [2.75, 3.05) is 26.0 Å². The maximum atomic E-state index is 13.1. The molecule has 2 aliphatic rings. The third-order valence-corrected chi connectivity index (χ3v) is 8.84. The standard InChI is InChI=1S/C26H38Cl2N2O8S/c1-4-5-14-10-18(30(3)12-14)24(35)29-19(13(2)31)23-21(33)20(32)22(34)26(38-23)39-9-8-37-25(36)16-7-6-15(27)11-17(16)28/h6-7,11,13-14,18-23,26,31-34H,4-5,8-10,12H2,1-3H3,(H,29,35)/t13-,14-,18+,19-,20+,21-,22-,23-,26-/m1/s1. The van der Waals surface area contributed by atoms with Gasteiger partial charge in [-0.15, -0.1) is 11.8 Å². The molecule has 2 aliphatic heterocycles. The Balaban J connectivity index is 1.59. The molecule has 0 saturated carbocycles. The highest BCUT2D eigenvalue weighted by atomic mass is 35.5. The molecule has 1 aromatic carbocycles. The number of hydrogen-bond donors (Lipinski definition) is 5. The van der Waals surface area contributed by atoms with Crippen molar-refractivity contribution >= 4 is 46.8 Å². The van der Waals surface area contributed by atoms with E-state index in [2.05, 4.69) is 12.2 Å². The van der Waals surface area contributed by atoms with E-state index >= 15 is 0 Å². The molecule has 1 amide bonds. The molecule has 220 valence electrons. The fraction of sp³-hybridized carbons (Fsp3) is 0.692. The Morgan fingerprint density at radius 2 is 1.95 bits per heavy atom. The lowest BCUT2D eigenvalue weighted by atomic mass is 9.92. The van der Waals surface area contributed by atoms with Gasteiger partial charge in [0.25, 0.3) is 0 Å². The van der Waals surface area contributed by atoms with E-state index in [1.807, 2.05) is 11.9 Å². The molecule has 5 N–H and O–H groups in total. The van der Waals surface area contributed by atoms with Gasteiger partial charge >= 0.3 is 5.97 Å². The van der Waals surface area contributed by atoms with Gasteiger partial charge in [0.2, 0.25) is 5.91 Å². The summed E-state index contributed by atoms with van der Waals surface area (Å²) in [6, 6.07) is 2.98. The van der Waals surface area contributed by atoms with E-state index in [0.717, 1.165) is 31.1 Å². The Kier molecular flexibility index (Phi) is 12.2. The Morgan fingerprint density at radius 3 is 2.59 bits per heavy atom. The number of esters is 1. The number of benzene rings is 1. The highest BCUT2D eigenvalue weighted by Crippen LogP contribution is 2.32. The van der Waals surface area contributed by atoms with Crippen molar-refractivity contribution in [2.45, 2.75) is 81.1 Å². The zero-order valence-corrected chi connectivity index (χ0v) is 24.5. The lowest BCUT2D eigenvalue weighted by molar-refractivity contribution is -0.211. The van der Waals surface area contributed by atoms with E-state index in [4.69, 9.17) is 32.7 Å². The molecule has 0 unspecified atom stereocenters. The van der Waals surface area contributed by atoms with Crippen LogP contribution in [0.1, 0.15) is 43.5 Å². The van der Waals surface area contributed by atoms with Crippen LogP contribution in [-0.4, -0.2) is 111 Å². The Hall–Kier alpha value is -1.15. The van der Waals surface area contributed by atoms with Crippen molar-refractivity contribution in [3.8, 4) is 0 Å². The van der Waals surface area contributed by atoms with E-state index < -0.39 is 48.0 Å². The van der Waals surface area contributed by atoms with Gasteiger partial charge in [0, 0.05) is 17.3 Å². The third-order valence-electron chi connectivity index (χ3n) is 7.17. The third kappa shape index (κ3) is 8.21. The second-order valence-corrected chi connectivity index (χ2v) is 12.2. The highest BCUT2D eigenvalue weighted by molar-refractivity contribution is 7.99. The molecule has 2 saturated heterocycles. The first kappa shape index (κ1) is 32.4. The first-order chi connectivity index (χ1) is 18.4. The van der Waals surface area contributed by atoms with Gasteiger partial charge in [-0.1, -0.05) is 36.5 Å². The minimum atomic E-state index is -1.59. The monoisotopic (exact) mass is 608 g/mol. The van der Waals surface area contributed by atoms with Gasteiger partial charge in [-0.05, 0) is 50.9 Å². The summed E-state index contributed by atoms with van der Waals surface area (Å²) in [5, 5.41) is 45.6. The second-order valence-electron chi connectivity index (χ2n) is 10.2. The normalized spacial score (nSPS) is 31.1. The summed E-state index contributed by atoms with van der Waals surface area (Å²) in [4.78, 5) is 27.4. The molecule has 0 radical (unpaired) electrons. The van der Waals surface area contributed by atoms with Gasteiger partial charge in [0.1, 0.15) is 36.5 Å². The number of nitrogens with zero attached hydrogens (tertiary/aromatic N) is 1. The molecule has 9 atom stereocenters. The number of carbonyl (C=O) groups excluding carboxylic acids is 2. The lowest BCUT2D eigenvalue weighted by Crippen LogP contribution is -2.65. The fourth-order valence-electron chi connectivity index (χ4n) is 5.11. The smallest absolute Gasteiger partial charge is 0.339 e. The Morgan fingerprint density at radius 1 is 1.23 bits per heavy atom. The van der Waals surface area contributed by atoms with E-state index in [0.29, 0.717) is 17.4 Å². The largest absolute Gasteiger partial charge is 0.461 e. The number of ether oxygens (including phenoxy) is 2. The van der Waals surface area contributed by atoms with Crippen LogP contribution >= 0.6 is 35.0 Å². The maximum Gasteiger partial charge on any atom is 0.339 e. The lowest BCUT2D eigenvalue weighted by Gasteiger charge is -2.44. The zero-order chi connectivity index (χ0) is 28.9. The summed E-state index contributed by atoms with van der Waals surface area (Å²) in [5.74, 6) is -0.355. The Bertz CT molecular complexity index is 989. The number of hydrogen-bond acceptors (Lipinski definition) is 10. The van der Waals surface area contributed by atoms with Crippen LogP contribution < -0.4 is 5.32 Å². The fourth-order valence-corrected chi connectivity index (χ4v) is 6.57. The van der Waals surface area contributed by atoms with Crippen LogP contribution in [0.2, 0.25) is 10.0 Å². The number of aliphatic hydroxyl groups excluding tert-OH is 4. The number of aliphatic hydroxyl groups is 4. The zero-order valence-electron chi connectivity index (χ0n) is 22.2. The molecule has 0 aromatic heterocycles. The summed E-state index contributed by atoms with van der Waals surface area (Å²) in [6.45, 7) is 4.31. The number of likely N-dealkylation sites (tertiary alicyclic amines) is 1. The van der Waals surface area contributed by atoms with Gasteiger partial charge in [-0.25, -0.2) is 4.79 Å². The number of likely N-dealkylation sites (N-methyl/N-ethyl adjacent to an activating group) is 1. The summed E-state index contributed by atoms with van der Waals surface area (Å²) in [6.07, 6.45) is -4.18. The summed E-state index contributed by atoms with van der Waals surface area (Å²) >= 11 is 12.9. The molecule has 39 heavy (non-hydrogen) atoms. The van der Waals surface area contributed by atoms with E-state index in [-0.39, 0.29) is 34.9 Å². The van der Waals surface area contributed by atoms with E-state index in [9.17, 15) is 30.0 Å². The molecular weight excluding hydrogens is 571 g/mol. The predicted molar refractivity (Wildman–Crippen MR) is 149 cm³/mol. The average molecular weight is 610 g/mol. The maximum absolute atomic E-state index is 13.1. The minimum absolute atomic E-state index is 0.0537. The SMILES string of the molecule is CCC[C@@H]1C[C@@H](C(=O)N[C@@H]([C@H]2O[C@H](SCCOC(=O)c3ccc(Cl)cc3Cl)[C@H](O)[C@@H](O)[C@H]2O)[C@@H](C)O)N(C)C1. The van der Waals surface area contributed by atoms with Crippen LogP contribution in [-0.2, 0) is 14.3 Å². The number of rotatable bonds is 11. The molecule has 1 aromatic rings. The van der Waals surface area contributed by atoms with Crippen LogP contribution in [0.5, 0.6) is 0 Å². The van der Waals surface area contributed by atoms with Crippen molar-refractivity contribution in [3.05, 3.63) is 33.8 Å². The van der Waals surface area contributed by atoms with Crippen LogP contribution in [0, 0.1) is 5.92 Å². The number of carbonyl (C=O) groups is 2. The van der Waals surface area contributed by atoms with Crippen LogP contribution in [0.15, 0.2) is 18.2 Å². The van der Waals surface area contributed by atoms with Crippen LogP contribution in [0.25, 0.3) is 0 Å². The van der Waals surface area contributed by atoms with Gasteiger partial charge < -0.3 is 35.2 Å². The van der Waals surface area contributed by atoms with Gasteiger partial charge in [0.15, 0.2) is 0 Å². The van der Waals surface area contributed by atoms with Gasteiger partial charge in [-0.2, -0.15) is 0 Å². The molecule has 0 bridgehead atoms. The number of nitrogens with one attached hydrogen (secondary N) is 1. The molecule has 2 fully saturated rings. The van der Waals surface area contributed by atoms with Crippen molar-refractivity contribution < 1.29 is 39.5 Å². The average Bonchev–Trinajstić information content (AvgIpc) is 3.25. The molecule has 0 aliphatic carbocycles. The summed E-state index contributed by atoms with van der Waals surface area (Å²) in [5.41, 5.74) is -0.865. The van der Waals surface area contributed by atoms with Crippen molar-refractivity contribution in [3.63, 3.8) is 0 Å². The number of thioether (sulfide) groups is 1. The minimum Gasteiger partial charge on any atom is -0.461 e. The van der Waals surface area contributed by atoms with Crippen LogP contribution in [0.3, 0.4) is 0 Å². The Labute approximate surface area is 242 Å². The predicted octanol–water partition coefficient (Wildman–Crippen LogP) is 1.68. The quantitative estimate of drug-likeness (QED) is 0.185. The number of halogens is 2. The van der Waals surface area contributed by atoms with E-state index in [1.165, 1.54) is 25.1 Å². The molecule has 0 spiro atoms. The van der Waals surface area contributed by atoms with Gasteiger partial charge in [-0.3, -0.25) is 9.69 Å². The number of amides is 1. The second kappa shape index (κ2) is 14.7. The molecule has 3 rings (SSSR count). The first-order valence-corrected chi connectivity index (χ1v) is 14.9. The molecular formula is C26H38Cl2N2O8S. The summed E-state index contributed by atoms with van der Waals surface area (Å²) < 4.78 is 11.2. The van der Waals surface area contributed by atoms with Crippen LogP contribution in [0.4, 0.5) is 0 Å². The van der Waals surface area contributed by atoms with Crippen molar-refractivity contribution in [1.82, 2.24) is 10.2 Å². The topological polar surface area (TPSA) is 149 Å². The molecule has 10 nitrogen and oxygen atoms in total. The molecule has 13 heteroatoms. The van der Waals surface area contributed by atoms with Gasteiger partial charge in [0.05, 0.1) is 28.8 Å². The first-order valence-electron chi connectivity index (χ1n) is 13.1. The molecule has 2 heterocycles. The van der Waals surface area contributed by atoms with Crippen molar-refractivity contribution in [2.24, 2.45) is 5.92 Å². The highest BCUT2D eigenvalue weighted by Gasteiger charge is 2.49.